The van der Waals surface area contributed by atoms with Crippen LogP contribution in [0.1, 0.15) is 31.7 Å². The topological polar surface area (TPSA) is 59.3 Å². The van der Waals surface area contributed by atoms with Crippen molar-refractivity contribution in [2.45, 2.75) is 26.2 Å². The number of allylic oxidation sites excluding steroid dienone is 3. The predicted molar refractivity (Wildman–Crippen MR) is 88.4 cm³/mol. The monoisotopic (exact) mass is 311 g/mol. The summed E-state index contributed by atoms with van der Waals surface area (Å²) in [6.07, 6.45) is 4.56. The van der Waals surface area contributed by atoms with E-state index in [1.54, 1.807) is 0 Å². The number of nitrogens with zero attached hydrogens (tertiary/aromatic N) is 1. The lowest BCUT2D eigenvalue weighted by Crippen LogP contribution is -2.14. The molecule has 0 atom stereocenters. The first-order valence-electron chi connectivity index (χ1n) is 7.90. The molecule has 120 valence electrons. The molecular formula is C19H21NO3. The van der Waals surface area contributed by atoms with Crippen molar-refractivity contribution in [1.29, 1.82) is 5.26 Å². The van der Waals surface area contributed by atoms with Gasteiger partial charge in [0.2, 0.25) is 0 Å². The van der Waals surface area contributed by atoms with Gasteiger partial charge in [0.1, 0.15) is 18.2 Å². The Kier molecular flexibility index (Phi) is 6.58. The first kappa shape index (κ1) is 17.0. The maximum absolute atomic E-state index is 12.1. The minimum Gasteiger partial charge on any atom is -0.459 e. The maximum atomic E-state index is 12.1. The summed E-state index contributed by atoms with van der Waals surface area (Å²) in [5.41, 5.74) is 3.15. The molecule has 0 unspecified atom stereocenters. The molecule has 0 aromatic heterocycles. The van der Waals surface area contributed by atoms with Gasteiger partial charge in [-0.1, -0.05) is 36.4 Å². The summed E-state index contributed by atoms with van der Waals surface area (Å²) in [4.78, 5) is 12.1. The highest BCUT2D eigenvalue weighted by Gasteiger charge is 2.19. The number of hydrogen-bond acceptors (Lipinski definition) is 4. The fraction of sp³-hybridized carbons (Fsp3) is 0.368. The van der Waals surface area contributed by atoms with E-state index >= 15 is 0 Å². The van der Waals surface area contributed by atoms with Crippen molar-refractivity contribution >= 4 is 11.5 Å². The van der Waals surface area contributed by atoms with E-state index in [4.69, 9.17) is 9.47 Å². The first-order valence-corrected chi connectivity index (χ1v) is 7.90. The Morgan fingerprint density at radius 3 is 2.70 bits per heavy atom. The molecule has 1 aliphatic rings. The molecule has 0 N–H and O–H groups in total. The Hall–Kier alpha value is -2.38. The minimum absolute atomic E-state index is 0.106. The summed E-state index contributed by atoms with van der Waals surface area (Å²) < 4.78 is 10.2. The highest BCUT2D eigenvalue weighted by atomic mass is 16.6. The molecule has 2 rings (SSSR count). The number of nitriles is 1. The molecule has 0 bridgehead atoms. The van der Waals surface area contributed by atoms with Gasteiger partial charge >= 0.3 is 5.97 Å². The van der Waals surface area contributed by atoms with Gasteiger partial charge in [0.05, 0.1) is 6.61 Å². The first-order chi connectivity index (χ1) is 11.3. The van der Waals surface area contributed by atoms with Gasteiger partial charge in [-0.05, 0) is 42.9 Å². The minimum atomic E-state index is -0.562. The van der Waals surface area contributed by atoms with Crippen LogP contribution in [-0.4, -0.2) is 25.8 Å². The lowest BCUT2D eigenvalue weighted by atomic mass is 9.88. The zero-order valence-corrected chi connectivity index (χ0v) is 13.4. The number of rotatable bonds is 6. The SMILES string of the molecule is CCOCCOC(=O)/C(C#N)=C1/C=C(c2ccccc2)CCC1. The van der Waals surface area contributed by atoms with Crippen LogP contribution in [0.4, 0.5) is 0 Å². The molecule has 0 aliphatic heterocycles. The van der Waals surface area contributed by atoms with E-state index in [0.29, 0.717) is 13.2 Å². The van der Waals surface area contributed by atoms with Crippen molar-refractivity contribution in [3.8, 4) is 6.07 Å². The Labute approximate surface area is 137 Å². The molecular weight excluding hydrogens is 290 g/mol. The van der Waals surface area contributed by atoms with Gasteiger partial charge in [-0.2, -0.15) is 5.26 Å². The van der Waals surface area contributed by atoms with E-state index in [1.165, 1.54) is 0 Å². The van der Waals surface area contributed by atoms with Crippen LogP contribution in [0.3, 0.4) is 0 Å². The maximum Gasteiger partial charge on any atom is 0.349 e. The molecule has 0 radical (unpaired) electrons. The van der Waals surface area contributed by atoms with Gasteiger partial charge in [0, 0.05) is 6.61 Å². The number of carbonyl (C=O) groups excluding carboxylic acids is 1. The molecule has 0 heterocycles. The molecule has 1 aromatic carbocycles. The second-order valence-corrected chi connectivity index (χ2v) is 5.23. The van der Waals surface area contributed by atoms with E-state index in [0.717, 1.165) is 36.0 Å². The third-order valence-electron chi connectivity index (χ3n) is 3.69. The van der Waals surface area contributed by atoms with E-state index in [9.17, 15) is 10.1 Å². The van der Waals surface area contributed by atoms with Crippen LogP contribution in [0, 0.1) is 11.3 Å². The normalized spacial score (nSPS) is 16.3. The van der Waals surface area contributed by atoms with Crippen molar-refractivity contribution in [1.82, 2.24) is 0 Å². The van der Waals surface area contributed by atoms with Crippen LogP contribution in [0.15, 0.2) is 47.6 Å². The second-order valence-electron chi connectivity index (χ2n) is 5.23. The standard InChI is InChI=1S/C19H21NO3/c1-2-22-11-12-23-19(21)18(14-20)17-10-6-9-16(13-17)15-7-4-3-5-8-15/h3-5,7-8,13H,2,6,9-12H2,1H3/b18-17+. The zero-order chi connectivity index (χ0) is 16.5. The summed E-state index contributed by atoms with van der Waals surface area (Å²) in [5, 5.41) is 9.34. The van der Waals surface area contributed by atoms with Crippen molar-refractivity contribution in [3.63, 3.8) is 0 Å². The van der Waals surface area contributed by atoms with Crippen molar-refractivity contribution in [3.05, 3.63) is 53.1 Å². The highest BCUT2D eigenvalue weighted by molar-refractivity contribution is 5.95. The lowest BCUT2D eigenvalue weighted by Gasteiger charge is -2.16. The summed E-state index contributed by atoms with van der Waals surface area (Å²) in [6, 6.07) is 12.0. The third-order valence-corrected chi connectivity index (χ3v) is 3.69. The van der Waals surface area contributed by atoms with Gasteiger partial charge in [-0.15, -0.1) is 0 Å². The number of benzene rings is 1. The Morgan fingerprint density at radius 2 is 2.00 bits per heavy atom. The van der Waals surface area contributed by atoms with Gasteiger partial charge in [0.15, 0.2) is 0 Å². The van der Waals surface area contributed by atoms with Crippen LogP contribution in [0.25, 0.3) is 5.57 Å². The van der Waals surface area contributed by atoms with Gasteiger partial charge in [-0.3, -0.25) is 0 Å². The average Bonchev–Trinajstić information content (AvgIpc) is 2.60. The molecule has 4 heteroatoms. The van der Waals surface area contributed by atoms with E-state index in [1.807, 2.05) is 49.4 Å². The third kappa shape index (κ3) is 4.80. The average molecular weight is 311 g/mol. The summed E-state index contributed by atoms with van der Waals surface area (Å²) in [7, 11) is 0. The molecule has 4 nitrogen and oxygen atoms in total. The fourth-order valence-corrected chi connectivity index (χ4v) is 2.56. The van der Waals surface area contributed by atoms with E-state index < -0.39 is 5.97 Å². The van der Waals surface area contributed by atoms with Crippen molar-refractivity contribution in [2.24, 2.45) is 0 Å². The number of esters is 1. The molecule has 0 spiro atoms. The Bertz CT molecular complexity index is 638. The Balaban J connectivity index is 2.16. The molecule has 0 saturated heterocycles. The number of hydrogen-bond donors (Lipinski definition) is 0. The molecule has 0 amide bonds. The summed E-state index contributed by atoms with van der Waals surface area (Å²) in [5.74, 6) is -0.562. The highest BCUT2D eigenvalue weighted by Crippen LogP contribution is 2.31. The van der Waals surface area contributed by atoms with Crippen LogP contribution >= 0.6 is 0 Å². The Morgan fingerprint density at radius 1 is 1.22 bits per heavy atom. The van der Waals surface area contributed by atoms with Crippen LogP contribution < -0.4 is 0 Å². The van der Waals surface area contributed by atoms with Crippen molar-refractivity contribution < 1.29 is 14.3 Å². The molecule has 23 heavy (non-hydrogen) atoms. The molecule has 0 fully saturated rings. The summed E-state index contributed by atoms with van der Waals surface area (Å²) in [6.45, 7) is 2.97. The quantitative estimate of drug-likeness (QED) is 0.348. The fourth-order valence-electron chi connectivity index (χ4n) is 2.56. The van der Waals surface area contributed by atoms with Crippen LogP contribution in [0.5, 0.6) is 0 Å². The number of carbonyl (C=O) groups is 1. The number of ether oxygens (including phenoxy) is 2. The molecule has 0 saturated carbocycles. The largest absolute Gasteiger partial charge is 0.459 e. The van der Waals surface area contributed by atoms with Crippen LogP contribution in [-0.2, 0) is 14.3 Å². The smallest absolute Gasteiger partial charge is 0.349 e. The molecule has 1 aromatic rings. The zero-order valence-electron chi connectivity index (χ0n) is 13.4. The van der Waals surface area contributed by atoms with Crippen LogP contribution in [0.2, 0.25) is 0 Å². The van der Waals surface area contributed by atoms with Gasteiger partial charge < -0.3 is 9.47 Å². The lowest BCUT2D eigenvalue weighted by molar-refractivity contribution is -0.140. The van der Waals surface area contributed by atoms with Crippen molar-refractivity contribution in [2.75, 3.05) is 19.8 Å². The van der Waals surface area contributed by atoms with Gasteiger partial charge in [0.25, 0.3) is 0 Å². The van der Waals surface area contributed by atoms with E-state index in [-0.39, 0.29) is 12.2 Å². The second kappa shape index (κ2) is 8.92. The van der Waals surface area contributed by atoms with E-state index in [2.05, 4.69) is 0 Å². The predicted octanol–water partition coefficient (Wildman–Crippen LogP) is 3.65. The molecule has 1 aliphatic carbocycles. The summed E-state index contributed by atoms with van der Waals surface area (Å²) >= 11 is 0. The van der Waals surface area contributed by atoms with Gasteiger partial charge in [-0.25, -0.2) is 4.79 Å².